The summed E-state index contributed by atoms with van der Waals surface area (Å²) in [6.07, 6.45) is 5.00. The standard InChI is InChI=1S/C19H17FN2O3/c20-17-13-15(6-9-18(17)21-11-1-2-12-21)19(23)10-5-14-3-7-16(8-4-14)22(24)25/h3-10,13H,1-2,11-12H2/b10-5+. The van der Waals surface area contributed by atoms with Gasteiger partial charge in [-0.25, -0.2) is 4.39 Å². The van der Waals surface area contributed by atoms with E-state index >= 15 is 0 Å². The van der Waals surface area contributed by atoms with Gasteiger partial charge in [-0.05, 0) is 54.8 Å². The molecule has 128 valence electrons. The highest BCUT2D eigenvalue weighted by atomic mass is 19.1. The number of nitro benzene ring substituents is 1. The maximum atomic E-state index is 14.3. The van der Waals surface area contributed by atoms with Crippen molar-refractivity contribution >= 4 is 23.2 Å². The fraction of sp³-hybridized carbons (Fsp3) is 0.211. The molecule has 0 aromatic heterocycles. The number of carbonyl (C=O) groups is 1. The number of ketones is 1. The van der Waals surface area contributed by atoms with Gasteiger partial charge >= 0.3 is 0 Å². The molecule has 25 heavy (non-hydrogen) atoms. The van der Waals surface area contributed by atoms with Crippen LogP contribution in [0, 0.1) is 15.9 Å². The predicted molar refractivity (Wildman–Crippen MR) is 94.3 cm³/mol. The monoisotopic (exact) mass is 340 g/mol. The minimum Gasteiger partial charge on any atom is -0.369 e. The zero-order valence-electron chi connectivity index (χ0n) is 13.5. The third-order valence-corrected chi connectivity index (χ3v) is 4.21. The fourth-order valence-electron chi connectivity index (χ4n) is 2.85. The lowest BCUT2D eigenvalue weighted by molar-refractivity contribution is -0.384. The highest BCUT2D eigenvalue weighted by Crippen LogP contribution is 2.24. The first-order chi connectivity index (χ1) is 12.0. The molecule has 6 heteroatoms. The third kappa shape index (κ3) is 3.91. The van der Waals surface area contributed by atoms with E-state index in [1.165, 1.54) is 24.3 Å². The summed E-state index contributed by atoms with van der Waals surface area (Å²) < 4.78 is 14.3. The average molecular weight is 340 g/mol. The Morgan fingerprint density at radius 2 is 1.80 bits per heavy atom. The zero-order chi connectivity index (χ0) is 17.8. The topological polar surface area (TPSA) is 63.4 Å². The Balaban J connectivity index is 1.72. The number of allylic oxidation sites excluding steroid dienone is 1. The van der Waals surface area contributed by atoms with E-state index in [0.717, 1.165) is 25.9 Å². The van der Waals surface area contributed by atoms with Crippen molar-refractivity contribution in [3.05, 3.63) is 75.6 Å². The number of nitro groups is 1. The van der Waals surface area contributed by atoms with Gasteiger partial charge in [0.1, 0.15) is 5.82 Å². The molecule has 2 aromatic rings. The predicted octanol–water partition coefficient (Wildman–Crippen LogP) is 4.23. The molecule has 0 aliphatic carbocycles. The van der Waals surface area contributed by atoms with Crippen LogP contribution in [0.2, 0.25) is 0 Å². The van der Waals surface area contributed by atoms with Crippen LogP contribution >= 0.6 is 0 Å². The number of nitrogens with zero attached hydrogens (tertiary/aromatic N) is 2. The quantitative estimate of drug-likeness (QED) is 0.354. The molecule has 0 unspecified atom stereocenters. The molecule has 0 radical (unpaired) electrons. The summed E-state index contributed by atoms with van der Waals surface area (Å²) in [5, 5.41) is 10.6. The Hall–Kier alpha value is -3.02. The molecular formula is C19H17FN2O3. The second-order valence-corrected chi connectivity index (χ2v) is 5.91. The summed E-state index contributed by atoms with van der Waals surface area (Å²) >= 11 is 0. The lowest BCUT2D eigenvalue weighted by atomic mass is 10.1. The van der Waals surface area contributed by atoms with Gasteiger partial charge in [-0.15, -0.1) is 0 Å². The van der Waals surface area contributed by atoms with Crippen molar-refractivity contribution in [2.24, 2.45) is 0 Å². The summed E-state index contributed by atoms with van der Waals surface area (Å²) in [7, 11) is 0. The molecule has 0 bridgehead atoms. The maximum Gasteiger partial charge on any atom is 0.269 e. The van der Waals surface area contributed by atoms with Gasteiger partial charge in [0.15, 0.2) is 5.78 Å². The maximum absolute atomic E-state index is 14.3. The third-order valence-electron chi connectivity index (χ3n) is 4.21. The second-order valence-electron chi connectivity index (χ2n) is 5.91. The van der Waals surface area contributed by atoms with E-state index in [1.54, 1.807) is 30.3 Å². The molecule has 2 aromatic carbocycles. The molecule has 1 fully saturated rings. The lowest BCUT2D eigenvalue weighted by Crippen LogP contribution is -2.19. The molecule has 0 amide bonds. The van der Waals surface area contributed by atoms with Crippen LogP contribution in [0.4, 0.5) is 15.8 Å². The van der Waals surface area contributed by atoms with Crippen molar-refractivity contribution in [2.75, 3.05) is 18.0 Å². The van der Waals surface area contributed by atoms with E-state index in [2.05, 4.69) is 0 Å². The van der Waals surface area contributed by atoms with Crippen molar-refractivity contribution in [3.8, 4) is 0 Å². The van der Waals surface area contributed by atoms with E-state index < -0.39 is 10.7 Å². The Labute approximate surface area is 144 Å². The Bertz CT molecular complexity index is 825. The van der Waals surface area contributed by atoms with Crippen molar-refractivity contribution in [1.29, 1.82) is 0 Å². The highest BCUT2D eigenvalue weighted by molar-refractivity contribution is 6.07. The Kier molecular flexibility index (Phi) is 4.88. The largest absolute Gasteiger partial charge is 0.369 e. The van der Waals surface area contributed by atoms with Crippen molar-refractivity contribution < 1.29 is 14.1 Å². The van der Waals surface area contributed by atoms with Crippen LogP contribution in [0.3, 0.4) is 0 Å². The van der Waals surface area contributed by atoms with Gasteiger partial charge in [-0.2, -0.15) is 0 Å². The molecule has 0 N–H and O–H groups in total. The summed E-state index contributed by atoms with van der Waals surface area (Å²) in [6.45, 7) is 1.68. The van der Waals surface area contributed by atoms with Crippen LogP contribution in [0.25, 0.3) is 6.08 Å². The van der Waals surface area contributed by atoms with Crippen LogP contribution in [0.5, 0.6) is 0 Å². The van der Waals surface area contributed by atoms with Crippen LogP contribution in [-0.4, -0.2) is 23.8 Å². The number of halogens is 1. The average Bonchev–Trinajstić information content (AvgIpc) is 3.14. The minimum atomic E-state index is -0.483. The number of carbonyl (C=O) groups excluding carboxylic acids is 1. The van der Waals surface area contributed by atoms with Crippen LogP contribution in [0.1, 0.15) is 28.8 Å². The van der Waals surface area contributed by atoms with E-state index in [-0.39, 0.29) is 17.0 Å². The second kappa shape index (κ2) is 7.25. The van der Waals surface area contributed by atoms with Crippen LogP contribution < -0.4 is 4.90 Å². The highest BCUT2D eigenvalue weighted by Gasteiger charge is 2.17. The van der Waals surface area contributed by atoms with Crippen LogP contribution in [0.15, 0.2) is 48.5 Å². The van der Waals surface area contributed by atoms with E-state index in [4.69, 9.17) is 0 Å². The number of rotatable bonds is 5. The van der Waals surface area contributed by atoms with Crippen molar-refractivity contribution in [2.45, 2.75) is 12.8 Å². The molecule has 0 atom stereocenters. The summed E-state index contributed by atoms with van der Waals surface area (Å²) in [6, 6.07) is 10.4. The Morgan fingerprint density at radius 1 is 1.12 bits per heavy atom. The fourth-order valence-corrected chi connectivity index (χ4v) is 2.85. The molecule has 0 saturated carbocycles. The number of hydrogen-bond acceptors (Lipinski definition) is 4. The first-order valence-electron chi connectivity index (χ1n) is 8.06. The molecule has 1 heterocycles. The molecule has 0 spiro atoms. The smallest absolute Gasteiger partial charge is 0.269 e. The van der Waals surface area contributed by atoms with Gasteiger partial charge in [-0.1, -0.05) is 6.08 Å². The normalized spacial score (nSPS) is 14.2. The first-order valence-corrected chi connectivity index (χ1v) is 8.06. The molecule has 1 aliphatic rings. The summed E-state index contributed by atoms with van der Waals surface area (Å²) in [5.74, 6) is -0.707. The van der Waals surface area contributed by atoms with Crippen molar-refractivity contribution in [3.63, 3.8) is 0 Å². The Morgan fingerprint density at radius 3 is 2.40 bits per heavy atom. The zero-order valence-corrected chi connectivity index (χ0v) is 13.5. The summed E-state index contributed by atoms with van der Waals surface area (Å²) in [5.41, 5.74) is 1.46. The molecule has 5 nitrogen and oxygen atoms in total. The number of benzene rings is 2. The van der Waals surface area contributed by atoms with Crippen molar-refractivity contribution in [1.82, 2.24) is 0 Å². The van der Waals surface area contributed by atoms with E-state index in [1.807, 2.05) is 4.90 Å². The van der Waals surface area contributed by atoms with E-state index in [0.29, 0.717) is 11.3 Å². The number of non-ortho nitro benzene ring substituents is 1. The minimum absolute atomic E-state index is 0.0111. The van der Waals surface area contributed by atoms with E-state index in [9.17, 15) is 19.3 Å². The lowest BCUT2D eigenvalue weighted by Gasteiger charge is -2.18. The first kappa shape index (κ1) is 16.8. The van der Waals surface area contributed by atoms with Gasteiger partial charge in [-0.3, -0.25) is 14.9 Å². The number of hydrogen-bond donors (Lipinski definition) is 0. The SMILES string of the molecule is O=C(/C=C/c1ccc([N+](=O)[O-])cc1)c1ccc(N2CCCC2)c(F)c1. The molecule has 1 aliphatic heterocycles. The molecule has 1 saturated heterocycles. The number of anilines is 1. The van der Waals surface area contributed by atoms with Gasteiger partial charge in [0, 0.05) is 30.8 Å². The molecule has 3 rings (SSSR count). The molecular weight excluding hydrogens is 323 g/mol. The van der Waals surface area contributed by atoms with Gasteiger partial charge in [0.2, 0.25) is 0 Å². The van der Waals surface area contributed by atoms with Crippen LogP contribution in [-0.2, 0) is 0 Å². The van der Waals surface area contributed by atoms with Gasteiger partial charge < -0.3 is 4.90 Å². The van der Waals surface area contributed by atoms with Gasteiger partial charge in [0.25, 0.3) is 5.69 Å². The van der Waals surface area contributed by atoms with Gasteiger partial charge in [0.05, 0.1) is 10.6 Å². The summed E-state index contributed by atoms with van der Waals surface area (Å²) in [4.78, 5) is 24.3.